The molecule has 100 valence electrons. The van der Waals surface area contributed by atoms with E-state index in [-0.39, 0.29) is 11.6 Å². The van der Waals surface area contributed by atoms with Crippen LogP contribution in [0.5, 0.6) is 0 Å². The molecule has 0 aliphatic heterocycles. The number of halogens is 1. The average molecular weight is 268 g/mol. The Morgan fingerprint density at radius 3 is 2.65 bits per heavy atom. The number of carbonyl (C=O) groups is 1. The van der Waals surface area contributed by atoms with E-state index in [4.69, 9.17) is 0 Å². The molecule has 1 N–H and O–H groups in total. The van der Waals surface area contributed by atoms with Crippen molar-refractivity contribution in [2.75, 3.05) is 0 Å². The van der Waals surface area contributed by atoms with Crippen molar-refractivity contribution in [2.24, 2.45) is 0 Å². The average Bonchev–Trinajstić information content (AvgIpc) is 2.81. The van der Waals surface area contributed by atoms with Gasteiger partial charge in [-0.3, -0.25) is 4.79 Å². The molecule has 0 spiro atoms. The molecule has 0 atom stereocenters. The third kappa shape index (κ3) is 2.45. The molecule has 2 aromatic carbocycles. The highest BCUT2D eigenvalue weighted by atomic mass is 19.1. The summed E-state index contributed by atoms with van der Waals surface area (Å²) in [5.41, 5.74) is 3.50. The number of fused-ring (bicyclic) bond motifs is 1. The highest BCUT2D eigenvalue weighted by Crippen LogP contribution is 2.21. The first kappa shape index (κ1) is 12.5. The lowest BCUT2D eigenvalue weighted by molar-refractivity contribution is -0.116. The Kier molecular flexibility index (Phi) is 3.06. The molecule has 3 aromatic rings. The standard InChI is InChI=1S/C16H13FN2O/c1-10(20)8-11-2-7-14-15(9-11)19-16(18-14)12-3-5-13(17)6-4-12/h2-7,9H,8H2,1H3,(H,18,19). The summed E-state index contributed by atoms with van der Waals surface area (Å²) in [6, 6.07) is 11.9. The zero-order valence-corrected chi connectivity index (χ0v) is 11.0. The zero-order valence-electron chi connectivity index (χ0n) is 11.0. The number of nitrogens with one attached hydrogen (secondary N) is 1. The first-order valence-corrected chi connectivity index (χ1v) is 6.36. The maximum Gasteiger partial charge on any atom is 0.138 e. The van der Waals surface area contributed by atoms with Gasteiger partial charge in [0, 0.05) is 12.0 Å². The third-order valence-corrected chi connectivity index (χ3v) is 3.12. The van der Waals surface area contributed by atoms with Gasteiger partial charge in [0.25, 0.3) is 0 Å². The van der Waals surface area contributed by atoms with Crippen molar-refractivity contribution in [3.05, 3.63) is 53.8 Å². The van der Waals surface area contributed by atoms with E-state index in [1.54, 1.807) is 19.1 Å². The van der Waals surface area contributed by atoms with Crippen LogP contribution in [0, 0.1) is 5.82 Å². The second kappa shape index (κ2) is 4.89. The minimum Gasteiger partial charge on any atom is -0.338 e. The van der Waals surface area contributed by atoms with E-state index in [0.29, 0.717) is 12.2 Å². The van der Waals surface area contributed by atoms with Crippen LogP contribution in [-0.2, 0) is 11.2 Å². The number of Topliss-reactive ketones (excluding diaryl/α,β-unsaturated/α-hetero) is 1. The number of hydrogen-bond donors (Lipinski definition) is 1. The lowest BCUT2D eigenvalue weighted by Gasteiger charge is -1.96. The minimum atomic E-state index is -0.270. The van der Waals surface area contributed by atoms with E-state index >= 15 is 0 Å². The Labute approximate surface area is 115 Å². The molecule has 0 aliphatic carbocycles. The van der Waals surface area contributed by atoms with Gasteiger partial charge in [-0.05, 0) is 48.9 Å². The van der Waals surface area contributed by atoms with Gasteiger partial charge in [0.2, 0.25) is 0 Å². The Bertz CT molecular complexity index is 775. The van der Waals surface area contributed by atoms with Gasteiger partial charge in [0.1, 0.15) is 17.4 Å². The number of aromatic nitrogens is 2. The third-order valence-electron chi connectivity index (χ3n) is 3.12. The maximum atomic E-state index is 12.9. The summed E-state index contributed by atoms with van der Waals surface area (Å²) in [6.45, 7) is 1.57. The van der Waals surface area contributed by atoms with Crippen LogP contribution in [0.1, 0.15) is 12.5 Å². The number of rotatable bonds is 3. The van der Waals surface area contributed by atoms with E-state index < -0.39 is 0 Å². The number of nitrogens with zero attached hydrogens (tertiary/aromatic N) is 1. The van der Waals surface area contributed by atoms with Crippen LogP contribution in [0.15, 0.2) is 42.5 Å². The summed E-state index contributed by atoms with van der Waals surface area (Å²) in [4.78, 5) is 18.8. The Balaban J connectivity index is 2.01. The molecule has 1 heterocycles. The molecule has 1 aromatic heterocycles. The number of aromatic amines is 1. The van der Waals surface area contributed by atoms with Crippen LogP contribution in [0.4, 0.5) is 4.39 Å². The number of H-pyrrole nitrogens is 1. The molecule has 0 saturated carbocycles. The van der Waals surface area contributed by atoms with E-state index in [0.717, 1.165) is 22.2 Å². The summed E-state index contributed by atoms with van der Waals surface area (Å²) in [5, 5.41) is 0. The molecular formula is C16H13FN2O. The number of imidazole rings is 1. The summed E-state index contributed by atoms with van der Waals surface area (Å²) in [6.07, 6.45) is 0.418. The second-order valence-corrected chi connectivity index (χ2v) is 4.82. The van der Waals surface area contributed by atoms with Crippen LogP contribution >= 0.6 is 0 Å². The first-order chi connectivity index (χ1) is 9.61. The molecule has 0 radical (unpaired) electrons. The van der Waals surface area contributed by atoms with Gasteiger partial charge in [-0.2, -0.15) is 0 Å². The summed E-state index contributed by atoms with van der Waals surface area (Å²) in [5.74, 6) is 0.552. The van der Waals surface area contributed by atoms with Crippen molar-refractivity contribution >= 4 is 16.8 Å². The molecule has 4 heteroatoms. The van der Waals surface area contributed by atoms with Crippen molar-refractivity contribution in [1.29, 1.82) is 0 Å². The highest BCUT2D eigenvalue weighted by Gasteiger charge is 2.07. The molecule has 0 saturated heterocycles. The molecule has 0 amide bonds. The fraction of sp³-hybridized carbons (Fsp3) is 0.125. The van der Waals surface area contributed by atoms with Crippen molar-refractivity contribution in [3.63, 3.8) is 0 Å². The number of ketones is 1. The van der Waals surface area contributed by atoms with E-state index in [1.165, 1.54) is 12.1 Å². The number of benzene rings is 2. The van der Waals surface area contributed by atoms with Gasteiger partial charge >= 0.3 is 0 Å². The molecule has 0 bridgehead atoms. The quantitative estimate of drug-likeness (QED) is 0.790. The topological polar surface area (TPSA) is 45.8 Å². The highest BCUT2D eigenvalue weighted by molar-refractivity contribution is 5.83. The van der Waals surface area contributed by atoms with E-state index in [9.17, 15) is 9.18 Å². The molecule has 0 unspecified atom stereocenters. The Hall–Kier alpha value is -2.49. The minimum absolute atomic E-state index is 0.127. The van der Waals surface area contributed by atoms with Gasteiger partial charge in [0.15, 0.2) is 0 Å². The number of carbonyl (C=O) groups excluding carboxylic acids is 1. The molecular weight excluding hydrogens is 255 g/mol. The van der Waals surface area contributed by atoms with Gasteiger partial charge in [-0.25, -0.2) is 9.37 Å². The summed E-state index contributed by atoms with van der Waals surface area (Å²) < 4.78 is 12.9. The first-order valence-electron chi connectivity index (χ1n) is 6.36. The lowest BCUT2D eigenvalue weighted by Crippen LogP contribution is -1.95. The van der Waals surface area contributed by atoms with Crippen molar-refractivity contribution in [1.82, 2.24) is 9.97 Å². The van der Waals surface area contributed by atoms with Crippen molar-refractivity contribution in [3.8, 4) is 11.4 Å². The predicted molar refractivity (Wildman–Crippen MR) is 75.9 cm³/mol. The zero-order chi connectivity index (χ0) is 14.1. The second-order valence-electron chi connectivity index (χ2n) is 4.82. The summed E-state index contributed by atoms with van der Waals surface area (Å²) in [7, 11) is 0. The largest absolute Gasteiger partial charge is 0.338 e. The fourth-order valence-electron chi connectivity index (χ4n) is 2.20. The maximum absolute atomic E-state index is 12.9. The van der Waals surface area contributed by atoms with E-state index in [2.05, 4.69) is 9.97 Å². The Morgan fingerprint density at radius 1 is 1.20 bits per heavy atom. The van der Waals surface area contributed by atoms with Gasteiger partial charge in [0.05, 0.1) is 11.0 Å². The molecule has 3 nitrogen and oxygen atoms in total. The van der Waals surface area contributed by atoms with Crippen LogP contribution in [0.25, 0.3) is 22.4 Å². The predicted octanol–water partition coefficient (Wildman–Crippen LogP) is 3.50. The lowest BCUT2D eigenvalue weighted by atomic mass is 10.1. The summed E-state index contributed by atoms with van der Waals surface area (Å²) >= 11 is 0. The molecule has 20 heavy (non-hydrogen) atoms. The van der Waals surface area contributed by atoms with Crippen LogP contribution in [0.3, 0.4) is 0 Å². The van der Waals surface area contributed by atoms with Crippen molar-refractivity contribution in [2.45, 2.75) is 13.3 Å². The Morgan fingerprint density at radius 2 is 1.95 bits per heavy atom. The van der Waals surface area contributed by atoms with Gasteiger partial charge in [-0.1, -0.05) is 6.07 Å². The van der Waals surface area contributed by atoms with Crippen molar-refractivity contribution < 1.29 is 9.18 Å². The fourth-order valence-corrected chi connectivity index (χ4v) is 2.20. The number of hydrogen-bond acceptors (Lipinski definition) is 2. The smallest absolute Gasteiger partial charge is 0.138 e. The van der Waals surface area contributed by atoms with E-state index in [1.807, 2.05) is 18.2 Å². The van der Waals surface area contributed by atoms with Crippen LogP contribution in [0.2, 0.25) is 0 Å². The van der Waals surface area contributed by atoms with Crippen LogP contribution < -0.4 is 0 Å². The monoisotopic (exact) mass is 268 g/mol. The van der Waals surface area contributed by atoms with Gasteiger partial charge < -0.3 is 4.98 Å². The van der Waals surface area contributed by atoms with Crippen LogP contribution in [-0.4, -0.2) is 15.8 Å². The normalized spacial score (nSPS) is 10.9. The molecule has 0 fully saturated rings. The SMILES string of the molecule is CC(=O)Cc1ccc2nc(-c3ccc(F)cc3)[nH]c2c1. The molecule has 3 rings (SSSR count). The van der Waals surface area contributed by atoms with Gasteiger partial charge in [-0.15, -0.1) is 0 Å². The molecule has 0 aliphatic rings.